The lowest BCUT2D eigenvalue weighted by molar-refractivity contribution is 0.368. The minimum atomic E-state index is -2.10. The molecule has 0 bridgehead atoms. The van der Waals surface area contributed by atoms with E-state index in [1.165, 1.54) is 0 Å². The molecule has 2 N–H and O–H groups in total. The first-order valence-corrected chi connectivity index (χ1v) is 6.72. The van der Waals surface area contributed by atoms with Gasteiger partial charge in [0.25, 0.3) is 0 Å². The highest BCUT2D eigenvalue weighted by Crippen LogP contribution is 2.40. The van der Waals surface area contributed by atoms with Crippen LogP contribution in [0.3, 0.4) is 0 Å². The van der Waals surface area contributed by atoms with Gasteiger partial charge in [0.05, 0.1) is 6.61 Å². The van der Waals surface area contributed by atoms with E-state index in [9.17, 15) is 0 Å². The highest BCUT2D eigenvalue weighted by Gasteiger charge is 2.21. The number of hydrogen-bond acceptors (Lipinski definition) is 3. The average Bonchev–Trinajstić information content (AvgIpc) is 1.82. The van der Waals surface area contributed by atoms with Crippen molar-refractivity contribution < 1.29 is 4.52 Å². The molecule has 1 heterocycles. The Labute approximate surface area is 82.8 Å². The molecule has 1 aliphatic heterocycles. The summed E-state index contributed by atoms with van der Waals surface area (Å²) < 4.78 is 5.39. The van der Waals surface area contributed by atoms with E-state index in [0.29, 0.717) is 11.6 Å². The van der Waals surface area contributed by atoms with Gasteiger partial charge in [-0.3, -0.25) is 0 Å². The van der Waals surface area contributed by atoms with Crippen LogP contribution in [0, 0.1) is 0 Å². The number of allylic oxidation sites excluding steroid dienone is 1. The fraction of sp³-hybridized carbons (Fsp3) is 0.500. The fourth-order valence-electron chi connectivity index (χ4n) is 0.913. The molecule has 0 fully saturated rings. The van der Waals surface area contributed by atoms with Crippen LogP contribution < -0.4 is 10.2 Å². The first-order chi connectivity index (χ1) is 5.56. The van der Waals surface area contributed by atoms with Crippen LogP contribution in [0.1, 0.15) is 13.8 Å². The molecule has 1 unspecified atom stereocenters. The summed E-state index contributed by atoms with van der Waals surface area (Å²) in [6, 6.07) is 0. The molecule has 1 rings (SSSR count). The van der Waals surface area contributed by atoms with Crippen molar-refractivity contribution in [2.75, 3.05) is 6.61 Å². The summed E-state index contributed by atoms with van der Waals surface area (Å²) >= 11 is 10.2. The zero-order valence-electron chi connectivity index (χ0n) is 6.96. The third kappa shape index (κ3) is 2.52. The van der Waals surface area contributed by atoms with E-state index in [1.807, 2.05) is 19.9 Å². The van der Waals surface area contributed by atoms with Gasteiger partial charge in [0.15, 0.2) is 0 Å². The topological polar surface area (TPSA) is 33.3 Å². The predicted molar refractivity (Wildman–Crippen MR) is 58.5 cm³/mol. The Morgan fingerprint density at radius 3 is 2.75 bits per heavy atom. The quantitative estimate of drug-likeness (QED) is 0.548. The van der Waals surface area contributed by atoms with Gasteiger partial charge in [-0.15, -0.1) is 0 Å². The van der Waals surface area contributed by atoms with Crippen LogP contribution >= 0.6 is 18.8 Å². The molecule has 0 aromatic rings. The molecule has 68 valence electrons. The second kappa shape index (κ2) is 3.83. The minimum absolute atomic E-state index is 0.590. The first kappa shape index (κ1) is 10.1. The molecule has 0 saturated heterocycles. The molecular formula is C6H11N2OPS2. The Hall–Kier alpha value is 0.0400. The second-order valence-electron chi connectivity index (χ2n) is 2.38. The van der Waals surface area contributed by atoms with Crippen LogP contribution in [0.4, 0.5) is 0 Å². The van der Waals surface area contributed by atoms with Crippen LogP contribution in [0.5, 0.6) is 0 Å². The van der Waals surface area contributed by atoms with Gasteiger partial charge in [-0.05, 0) is 31.7 Å². The van der Waals surface area contributed by atoms with E-state index in [1.54, 1.807) is 0 Å². The fourth-order valence-corrected chi connectivity index (χ4v) is 4.12. The van der Waals surface area contributed by atoms with Gasteiger partial charge in [0.1, 0.15) is 4.99 Å². The number of nitrogens with one attached hydrogen (secondary N) is 2. The van der Waals surface area contributed by atoms with Gasteiger partial charge in [-0.1, -0.05) is 12.2 Å². The molecular weight excluding hydrogens is 211 g/mol. The van der Waals surface area contributed by atoms with Gasteiger partial charge >= 0.3 is 0 Å². The monoisotopic (exact) mass is 222 g/mol. The minimum Gasteiger partial charge on any atom is -0.325 e. The largest absolute Gasteiger partial charge is 0.325 e. The average molecular weight is 222 g/mol. The molecule has 1 aliphatic rings. The molecule has 0 aliphatic carbocycles. The molecule has 0 amide bonds. The maximum atomic E-state index is 5.39. The lowest BCUT2D eigenvalue weighted by atomic mass is 10.4. The summed E-state index contributed by atoms with van der Waals surface area (Å²) in [4.78, 5) is 0.656. The first-order valence-electron chi connectivity index (χ1n) is 3.59. The summed E-state index contributed by atoms with van der Waals surface area (Å²) in [6.07, 6.45) is 1.83. The van der Waals surface area contributed by atoms with Crippen molar-refractivity contribution in [3.63, 3.8) is 0 Å². The summed E-state index contributed by atoms with van der Waals surface area (Å²) in [5.41, 5.74) is 0.968. The Morgan fingerprint density at radius 1 is 1.58 bits per heavy atom. The van der Waals surface area contributed by atoms with Crippen molar-refractivity contribution >= 4 is 35.6 Å². The highest BCUT2D eigenvalue weighted by atomic mass is 32.4. The molecule has 3 nitrogen and oxygen atoms in total. The molecule has 0 aromatic carbocycles. The molecule has 0 radical (unpaired) electrons. The van der Waals surface area contributed by atoms with Crippen LogP contribution in [0.25, 0.3) is 0 Å². The van der Waals surface area contributed by atoms with Gasteiger partial charge < -0.3 is 14.7 Å². The number of thiocarbonyl (C=S) groups is 1. The molecule has 0 aromatic heterocycles. The van der Waals surface area contributed by atoms with Gasteiger partial charge in [-0.2, -0.15) is 0 Å². The van der Waals surface area contributed by atoms with Crippen molar-refractivity contribution in [3.8, 4) is 0 Å². The lowest BCUT2D eigenvalue weighted by Gasteiger charge is -2.28. The van der Waals surface area contributed by atoms with Crippen LogP contribution in [0.15, 0.2) is 11.8 Å². The third-order valence-corrected chi connectivity index (χ3v) is 4.28. The van der Waals surface area contributed by atoms with E-state index in [2.05, 4.69) is 10.2 Å². The summed E-state index contributed by atoms with van der Waals surface area (Å²) in [5, 5.41) is 6.06. The van der Waals surface area contributed by atoms with Crippen LogP contribution in [0.2, 0.25) is 0 Å². The van der Waals surface area contributed by atoms with Crippen molar-refractivity contribution in [1.29, 1.82) is 0 Å². The van der Waals surface area contributed by atoms with Crippen molar-refractivity contribution in [2.24, 2.45) is 0 Å². The Kier molecular flexibility index (Phi) is 3.23. The lowest BCUT2D eigenvalue weighted by Crippen LogP contribution is -2.31. The Bertz CT molecular complexity index is 277. The predicted octanol–water partition coefficient (Wildman–Crippen LogP) is 1.67. The van der Waals surface area contributed by atoms with Crippen molar-refractivity contribution in [2.45, 2.75) is 13.8 Å². The van der Waals surface area contributed by atoms with Gasteiger partial charge in [-0.25, -0.2) is 0 Å². The molecule has 0 saturated carbocycles. The van der Waals surface area contributed by atoms with E-state index < -0.39 is 6.57 Å². The Morgan fingerprint density at radius 2 is 2.25 bits per heavy atom. The zero-order valence-corrected chi connectivity index (χ0v) is 9.48. The van der Waals surface area contributed by atoms with Gasteiger partial charge in [0, 0.05) is 5.70 Å². The smallest absolute Gasteiger partial charge is 0.249 e. The summed E-state index contributed by atoms with van der Waals surface area (Å²) in [6.45, 7) is 2.32. The van der Waals surface area contributed by atoms with Crippen molar-refractivity contribution in [1.82, 2.24) is 10.2 Å². The number of hydrogen-bond donors (Lipinski definition) is 2. The summed E-state index contributed by atoms with van der Waals surface area (Å²) in [7, 11) is 0. The normalized spacial score (nSPS) is 28.8. The highest BCUT2D eigenvalue weighted by molar-refractivity contribution is 8.11. The zero-order chi connectivity index (χ0) is 9.19. The third-order valence-electron chi connectivity index (χ3n) is 1.24. The van der Waals surface area contributed by atoms with Crippen molar-refractivity contribution in [3.05, 3.63) is 11.8 Å². The van der Waals surface area contributed by atoms with E-state index in [-0.39, 0.29) is 0 Å². The van der Waals surface area contributed by atoms with E-state index in [0.717, 1.165) is 5.70 Å². The molecule has 1 atom stereocenters. The number of rotatable bonds is 2. The molecule has 6 heteroatoms. The van der Waals surface area contributed by atoms with Crippen LogP contribution in [-0.4, -0.2) is 11.6 Å². The van der Waals surface area contributed by atoms with E-state index >= 15 is 0 Å². The second-order valence-corrected chi connectivity index (χ2v) is 6.18. The molecule has 12 heavy (non-hydrogen) atoms. The van der Waals surface area contributed by atoms with Gasteiger partial charge in [0.2, 0.25) is 6.57 Å². The maximum Gasteiger partial charge on any atom is 0.249 e. The SMILES string of the molecule is CCOP1(=S)NC(=S)C=C(C)N1. The van der Waals surface area contributed by atoms with E-state index in [4.69, 9.17) is 28.5 Å². The Balaban J connectivity index is 2.78. The van der Waals surface area contributed by atoms with Crippen LogP contribution in [-0.2, 0) is 16.3 Å². The summed E-state index contributed by atoms with van der Waals surface area (Å²) in [5.74, 6) is 0. The molecule has 0 spiro atoms. The maximum absolute atomic E-state index is 5.39. The standard InChI is InChI=1S/C6H11N2OPS2/c1-3-9-10(12)7-5(2)4-6(11)8-10/h4H,3H2,1-2H3,(H2,7,8,11,12).